The van der Waals surface area contributed by atoms with Crippen LogP contribution in [0.25, 0.3) is 0 Å². The molecule has 108 valence electrons. The first kappa shape index (κ1) is 13.4. The van der Waals surface area contributed by atoms with Crippen LogP contribution < -0.4 is 5.32 Å². The summed E-state index contributed by atoms with van der Waals surface area (Å²) < 4.78 is 0. The standard InChI is InChI=1S/C16H28N2O/c1-12(2)16(8-9-17-11-16)15(19)18-10-7-13-5-3-4-6-14(13)18/h12-14,17H,3-11H2,1-2H3. The number of nitrogens with one attached hydrogen (secondary N) is 1. The molecule has 0 spiro atoms. The zero-order valence-corrected chi connectivity index (χ0v) is 12.5. The molecule has 0 radical (unpaired) electrons. The van der Waals surface area contributed by atoms with E-state index in [2.05, 4.69) is 24.1 Å². The van der Waals surface area contributed by atoms with Gasteiger partial charge in [0, 0.05) is 19.1 Å². The molecule has 2 heterocycles. The minimum atomic E-state index is -0.119. The summed E-state index contributed by atoms with van der Waals surface area (Å²) in [6, 6.07) is 0.567. The average Bonchev–Trinajstić information content (AvgIpc) is 3.06. The van der Waals surface area contributed by atoms with E-state index >= 15 is 0 Å². The summed E-state index contributed by atoms with van der Waals surface area (Å²) in [4.78, 5) is 15.4. The maximum atomic E-state index is 13.2. The Kier molecular flexibility index (Phi) is 3.59. The van der Waals surface area contributed by atoms with Gasteiger partial charge in [0.05, 0.1) is 5.41 Å². The molecule has 0 aromatic carbocycles. The Labute approximate surface area is 117 Å². The van der Waals surface area contributed by atoms with Gasteiger partial charge in [0.25, 0.3) is 0 Å². The maximum Gasteiger partial charge on any atom is 0.230 e. The maximum absolute atomic E-state index is 13.2. The van der Waals surface area contributed by atoms with Crippen LogP contribution in [0.1, 0.15) is 52.4 Å². The van der Waals surface area contributed by atoms with E-state index in [9.17, 15) is 4.79 Å². The van der Waals surface area contributed by atoms with Gasteiger partial charge in [0.1, 0.15) is 0 Å². The lowest BCUT2D eigenvalue weighted by Crippen LogP contribution is -2.51. The van der Waals surface area contributed by atoms with Gasteiger partial charge in [0.2, 0.25) is 5.91 Å². The zero-order chi connectivity index (χ0) is 13.5. The number of hydrogen-bond acceptors (Lipinski definition) is 2. The highest BCUT2D eigenvalue weighted by atomic mass is 16.2. The molecule has 3 rings (SSSR count). The van der Waals surface area contributed by atoms with Crippen LogP contribution in [0, 0.1) is 17.3 Å². The number of rotatable bonds is 2. The second-order valence-corrected chi connectivity index (χ2v) is 7.14. The van der Waals surface area contributed by atoms with Gasteiger partial charge in [-0.1, -0.05) is 26.7 Å². The summed E-state index contributed by atoms with van der Waals surface area (Å²) in [6.07, 6.45) is 7.56. The van der Waals surface area contributed by atoms with E-state index in [1.165, 1.54) is 32.1 Å². The Bertz CT molecular complexity index is 347. The van der Waals surface area contributed by atoms with Crippen molar-refractivity contribution in [2.75, 3.05) is 19.6 Å². The Morgan fingerprint density at radius 1 is 1.26 bits per heavy atom. The van der Waals surface area contributed by atoms with Crippen molar-refractivity contribution in [1.82, 2.24) is 10.2 Å². The first-order valence-electron chi connectivity index (χ1n) is 8.17. The second-order valence-electron chi connectivity index (χ2n) is 7.14. The monoisotopic (exact) mass is 264 g/mol. The van der Waals surface area contributed by atoms with Gasteiger partial charge < -0.3 is 10.2 Å². The third-order valence-corrected chi connectivity index (χ3v) is 5.99. The van der Waals surface area contributed by atoms with Gasteiger partial charge >= 0.3 is 0 Å². The number of likely N-dealkylation sites (tertiary alicyclic amines) is 1. The molecule has 0 aromatic rings. The van der Waals surface area contributed by atoms with Crippen molar-refractivity contribution in [2.45, 2.75) is 58.4 Å². The third-order valence-electron chi connectivity index (χ3n) is 5.99. The summed E-state index contributed by atoms with van der Waals surface area (Å²) in [5, 5.41) is 3.42. The summed E-state index contributed by atoms with van der Waals surface area (Å²) in [5.74, 6) is 1.70. The highest BCUT2D eigenvalue weighted by Gasteiger charge is 2.49. The van der Waals surface area contributed by atoms with Crippen LogP contribution in [0.4, 0.5) is 0 Å². The van der Waals surface area contributed by atoms with E-state index in [1.807, 2.05) is 0 Å². The fraction of sp³-hybridized carbons (Fsp3) is 0.938. The quantitative estimate of drug-likeness (QED) is 0.830. The number of fused-ring (bicyclic) bond motifs is 1. The van der Waals surface area contributed by atoms with Crippen LogP contribution in [0.2, 0.25) is 0 Å². The molecule has 3 unspecified atom stereocenters. The fourth-order valence-corrected chi connectivity index (χ4v) is 4.58. The normalized spacial score (nSPS) is 38.8. The average molecular weight is 264 g/mol. The molecule has 1 saturated carbocycles. The zero-order valence-electron chi connectivity index (χ0n) is 12.5. The van der Waals surface area contributed by atoms with Crippen molar-refractivity contribution in [1.29, 1.82) is 0 Å². The van der Waals surface area contributed by atoms with E-state index in [0.29, 0.717) is 17.9 Å². The summed E-state index contributed by atoms with van der Waals surface area (Å²) >= 11 is 0. The molecule has 3 aliphatic rings. The lowest BCUT2D eigenvalue weighted by molar-refractivity contribution is -0.145. The SMILES string of the molecule is CC(C)C1(C(=O)N2CCC3CCCCC32)CCNC1. The van der Waals surface area contributed by atoms with E-state index in [0.717, 1.165) is 32.0 Å². The molecule has 2 saturated heterocycles. The van der Waals surface area contributed by atoms with Crippen LogP contribution in [0.15, 0.2) is 0 Å². The van der Waals surface area contributed by atoms with Crippen molar-refractivity contribution >= 4 is 5.91 Å². The lowest BCUT2D eigenvalue weighted by Gasteiger charge is -2.39. The molecule has 1 aliphatic carbocycles. The molecule has 1 N–H and O–H groups in total. The molecule has 3 heteroatoms. The van der Waals surface area contributed by atoms with Crippen molar-refractivity contribution in [2.24, 2.45) is 17.3 Å². The van der Waals surface area contributed by atoms with Gasteiger partial charge in [-0.05, 0) is 44.1 Å². The van der Waals surface area contributed by atoms with Crippen LogP contribution in [-0.2, 0) is 4.79 Å². The van der Waals surface area contributed by atoms with Crippen molar-refractivity contribution < 1.29 is 4.79 Å². The Morgan fingerprint density at radius 3 is 2.74 bits per heavy atom. The van der Waals surface area contributed by atoms with Crippen molar-refractivity contribution in [3.05, 3.63) is 0 Å². The van der Waals surface area contributed by atoms with Gasteiger partial charge in [-0.3, -0.25) is 4.79 Å². The molecule has 3 nitrogen and oxygen atoms in total. The number of hydrogen-bond donors (Lipinski definition) is 1. The summed E-state index contributed by atoms with van der Waals surface area (Å²) in [5.41, 5.74) is -0.119. The molecule has 0 aromatic heterocycles. The number of nitrogens with zero attached hydrogens (tertiary/aromatic N) is 1. The van der Waals surface area contributed by atoms with Crippen LogP contribution in [-0.4, -0.2) is 36.5 Å². The topological polar surface area (TPSA) is 32.3 Å². The Morgan fingerprint density at radius 2 is 2.05 bits per heavy atom. The van der Waals surface area contributed by atoms with Crippen LogP contribution >= 0.6 is 0 Å². The number of carbonyl (C=O) groups excluding carboxylic acids is 1. The Hall–Kier alpha value is -0.570. The van der Waals surface area contributed by atoms with Gasteiger partial charge in [-0.25, -0.2) is 0 Å². The minimum Gasteiger partial charge on any atom is -0.339 e. The van der Waals surface area contributed by atoms with E-state index < -0.39 is 0 Å². The lowest BCUT2D eigenvalue weighted by atomic mass is 9.74. The first-order valence-corrected chi connectivity index (χ1v) is 8.17. The third kappa shape index (κ3) is 2.10. The van der Waals surface area contributed by atoms with Crippen LogP contribution in [0.5, 0.6) is 0 Å². The van der Waals surface area contributed by atoms with Gasteiger partial charge in [0.15, 0.2) is 0 Å². The number of carbonyl (C=O) groups is 1. The molecular formula is C16H28N2O. The molecule has 1 amide bonds. The summed E-state index contributed by atoms with van der Waals surface area (Å²) in [6.45, 7) is 7.35. The van der Waals surface area contributed by atoms with E-state index in [1.54, 1.807) is 0 Å². The van der Waals surface area contributed by atoms with Gasteiger partial charge in [-0.15, -0.1) is 0 Å². The second kappa shape index (κ2) is 5.08. The largest absolute Gasteiger partial charge is 0.339 e. The smallest absolute Gasteiger partial charge is 0.230 e. The predicted molar refractivity (Wildman–Crippen MR) is 76.8 cm³/mol. The highest BCUT2D eigenvalue weighted by Crippen LogP contribution is 2.42. The molecule has 3 fully saturated rings. The molecule has 3 atom stereocenters. The number of amides is 1. The first-order chi connectivity index (χ1) is 9.15. The fourth-order valence-electron chi connectivity index (χ4n) is 4.58. The van der Waals surface area contributed by atoms with Crippen molar-refractivity contribution in [3.8, 4) is 0 Å². The van der Waals surface area contributed by atoms with Gasteiger partial charge in [-0.2, -0.15) is 0 Å². The molecular weight excluding hydrogens is 236 g/mol. The Balaban J connectivity index is 1.79. The van der Waals surface area contributed by atoms with E-state index in [-0.39, 0.29) is 5.41 Å². The predicted octanol–water partition coefficient (Wildman–Crippen LogP) is 2.41. The summed E-state index contributed by atoms with van der Waals surface area (Å²) in [7, 11) is 0. The molecule has 0 bridgehead atoms. The van der Waals surface area contributed by atoms with E-state index in [4.69, 9.17) is 0 Å². The van der Waals surface area contributed by atoms with Crippen LogP contribution in [0.3, 0.4) is 0 Å². The molecule has 2 aliphatic heterocycles. The highest BCUT2D eigenvalue weighted by molar-refractivity contribution is 5.84. The minimum absolute atomic E-state index is 0.119. The molecule has 19 heavy (non-hydrogen) atoms. The van der Waals surface area contributed by atoms with Crippen molar-refractivity contribution in [3.63, 3.8) is 0 Å².